The standard InChI is InChI=1S/C28H30N6O4/c1-18-13-19(4-7-22(18)27(35)32-20-5-6-20)23-16-31-34-24(30-17-28(36)8-11-37-12-9-28)14-25(33-26(23)34)38-21-3-2-10-29-15-21/h2-4,7,10,13-16,20,30,36H,5-6,8-9,11-12,17H2,1H3,(H,32,35). The highest BCUT2D eigenvalue weighted by Crippen LogP contribution is 2.31. The molecule has 0 atom stereocenters. The third-order valence-corrected chi connectivity index (χ3v) is 7.02. The van der Waals surface area contributed by atoms with E-state index in [-0.39, 0.29) is 5.91 Å². The number of aliphatic hydroxyl groups is 1. The van der Waals surface area contributed by atoms with Crippen molar-refractivity contribution in [1.82, 2.24) is 24.9 Å². The number of aromatic nitrogens is 4. The number of rotatable bonds is 8. The molecule has 0 radical (unpaired) electrons. The number of ether oxygens (including phenoxy) is 2. The predicted molar refractivity (Wildman–Crippen MR) is 141 cm³/mol. The van der Waals surface area contributed by atoms with E-state index in [1.165, 1.54) is 0 Å². The molecule has 3 aromatic heterocycles. The van der Waals surface area contributed by atoms with Gasteiger partial charge >= 0.3 is 0 Å². The largest absolute Gasteiger partial charge is 0.437 e. The Kier molecular flexibility index (Phi) is 6.42. The predicted octanol–water partition coefficient (Wildman–Crippen LogP) is 3.74. The summed E-state index contributed by atoms with van der Waals surface area (Å²) in [7, 11) is 0. The first-order valence-corrected chi connectivity index (χ1v) is 12.9. The number of hydrogen-bond acceptors (Lipinski definition) is 8. The molecule has 2 fully saturated rings. The number of pyridine rings is 1. The molecule has 38 heavy (non-hydrogen) atoms. The second-order valence-electron chi connectivity index (χ2n) is 10.0. The van der Waals surface area contributed by atoms with Crippen LogP contribution >= 0.6 is 0 Å². The van der Waals surface area contributed by atoms with Gasteiger partial charge in [0, 0.05) is 62.0 Å². The first-order valence-electron chi connectivity index (χ1n) is 12.9. The summed E-state index contributed by atoms with van der Waals surface area (Å²) in [5, 5.41) is 22.0. The zero-order valence-electron chi connectivity index (χ0n) is 21.2. The molecule has 0 unspecified atom stereocenters. The van der Waals surface area contributed by atoms with Crippen molar-refractivity contribution in [3.63, 3.8) is 0 Å². The number of hydrogen-bond donors (Lipinski definition) is 3. The monoisotopic (exact) mass is 514 g/mol. The van der Waals surface area contributed by atoms with Crippen molar-refractivity contribution < 1.29 is 19.4 Å². The van der Waals surface area contributed by atoms with Crippen LogP contribution in [0.15, 0.2) is 55.0 Å². The van der Waals surface area contributed by atoms with Crippen molar-refractivity contribution in [2.75, 3.05) is 25.1 Å². The Hall–Kier alpha value is -4.02. The Morgan fingerprint density at radius 2 is 2.05 bits per heavy atom. The van der Waals surface area contributed by atoms with E-state index in [9.17, 15) is 9.90 Å². The topological polar surface area (TPSA) is 123 Å². The number of benzene rings is 1. The average molecular weight is 515 g/mol. The van der Waals surface area contributed by atoms with Gasteiger partial charge in [0.25, 0.3) is 5.91 Å². The van der Waals surface area contributed by atoms with Gasteiger partial charge in [-0.05, 0) is 49.1 Å². The van der Waals surface area contributed by atoms with E-state index in [1.807, 2.05) is 31.2 Å². The molecule has 6 rings (SSSR count). The summed E-state index contributed by atoms with van der Waals surface area (Å²) in [6.07, 6.45) is 8.25. The summed E-state index contributed by atoms with van der Waals surface area (Å²) < 4.78 is 13.2. The van der Waals surface area contributed by atoms with Crippen LogP contribution in [-0.2, 0) is 4.74 Å². The molecule has 1 saturated heterocycles. The van der Waals surface area contributed by atoms with E-state index in [1.54, 1.807) is 35.2 Å². The molecule has 0 spiro atoms. The second-order valence-corrected chi connectivity index (χ2v) is 10.0. The zero-order chi connectivity index (χ0) is 26.1. The Bertz CT molecular complexity index is 1460. The van der Waals surface area contributed by atoms with Crippen molar-refractivity contribution in [3.8, 4) is 22.8 Å². The number of amides is 1. The highest BCUT2D eigenvalue weighted by Gasteiger charge is 2.30. The molecule has 10 heteroatoms. The fourth-order valence-corrected chi connectivity index (χ4v) is 4.61. The first kappa shape index (κ1) is 24.3. The van der Waals surface area contributed by atoms with E-state index >= 15 is 0 Å². The molecule has 4 aromatic rings. The van der Waals surface area contributed by atoms with Gasteiger partial charge in [-0.3, -0.25) is 9.78 Å². The Balaban J connectivity index is 1.35. The Morgan fingerprint density at radius 3 is 2.79 bits per heavy atom. The molecule has 10 nitrogen and oxygen atoms in total. The van der Waals surface area contributed by atoms with Gasteiger partial charge in [0.15, 0.2) is 5.65 Å². The summed E-state index contributed by atoms with van der Waals surface area (Å²) >= 11 is 0. The molecular weight excluding hydrogens is 484 g/mol. The number of fused-ring (bicyclic) bond motifs is 1. The van der Waals surface area contributed by atoms with Crippen LogP contribution in [0.5, 0.6) is 11.6 Å². The van der Waals surface area contributed by atoms with Crippen LogP contribution in [0.25, 0.3) is 16.8 Å². The smallest absolute Gasteiger partial charge is 0.251 e. The molecule has 1 aliphatic carbocycles. The minimum absolute atomic E-state index is 0.0424. The van der Waals surface area contributed by atoms with Crippen molar-refractivity contribution >= 4 is 17.4 Å². The minimum Gasteiger partial charge on any atom is -0.437 e. The second kappa shape index (κ2) is 10.0. The molecule has 1 amide bonds. The number of anilines is 1. The van der Waals surface area contributed by atoms with Gasteiger partial charge in [-0.1, -0.05) is 12.1 Å². The number of carbonyl (C=O) groups excluding carboxylic acids is 1. The quantitative estimate of drug-likeness (QED) is 0.325. The van der Waals surface area contributed by atoms with Crippen molar-refractivity contribution in [2.45, 2.75) is 44.2 Å². The fraction of sp³-hybridized carbons (Fsp3) is 0.357. The highest BCUT2D eigenvalue weighted by atomic mass is 16.5. The Morgan fingerprint density at radius 1 is 1.21 bits per heavy atom. The van der Waals surface area contributed by atoms with Crippen LogP contribution in [0.3, 0.4) is 0 Å². The zero-order valence-corrected chi connectivity index (χ0v) is 21.2. The van der Waals surface area contributed by atoms with E-state index in [0.29, 0.717) is 67.3 Å². The van der Waals surface area contributed by atoms with Crippen LogP contribution < -0.4 is 15.4 Å². The van der Waals surface area contributed by atoms with Crippen LogP contribution in [0.2, 0.25) is 0 Å². The summed E-state index contributed by atoms with van der Waals surface area (Å²) in [5.74, 6) is 1.52. The number of nitrogens with zero attached hydrogens (tertiary/aromatic N) is 4. The van der Waals surface area contributed by atoms with E-state index < -0.39 is 5.60 Å². The highest BCUT2D eigenvalue weighted by molar-refractivity contribution is 5.97. The minimum atomic E-state index is -0.873. The van der Waals surface area contributed by atoms with Gasteiger partial charge < -0.3 is 25.2 Å². The SMILES string of the molecule is Cc1cc(-c2cnn3c(NCC4(O)CCOCC4)cc(Oc4cccnc4)nc23)ccc1C(=O)NC1CC1. The van der Waals surface area contributed by atoms with Crippen LogP contribution in [0.1, 0.15) is 41.6 Å². The lowest BCUT2D eigenvalue weighted by atomic mass is 9.94. The van der Waals surface area contributed by atoms with Crippen LogP contribution in [0.4, 0.5) is 5.82 Å². The summed E-state index contributed by atoms with van der Waals surface area (Å²) in [5.41, 5.74) is 2.94. The van der Waals surface area contributed by atoms with Gasteiger partial charge in [-0.25, -0.2) is 0 Å². The van der Waals surface area contributed by atoms with Crippen molar-refractivity contribution in [1.29, 1.82) is 0 Å². The molecular formula is C28H30N6O4. The van der Waals surface area contributed by atoms with E-state index in [4.69, 9.17) is 14.5 Å². The molecule has 2 aliphatic rings. The normalized spacial score (nSPS) is 16.8. The third-order valence-electron chi connectivity index (χ3n) is 7.02. The lowest BCUT2D eigenvalue weighted by molar-refractivity contribution is -0.0544. The number of aryl methyl sites for hydroxylation is 1. The molecule has 0 bridgehead atoms. The van der Waals surface area contributed by atoms with Crippen LogP contribution in [-0.4, -0.2) is 62.0 Å². The molecule has 1 aliphatic heterocycles. The maximum Gasteiger partial charge on any atom is 0.251 e. The van der Waals surface area contributed by atoms with Crippen molar-refractivity contribution in [3.05, 3.63) is 66.1 Å². The maximum atomic E-state index is 12.6. The van der Waals surface area contributed by atoms with Gasteiger partial charge in [-0.2, -0.15) is 14.6 Å². The molecule has 4 heterocycles. The molecule has 196 valence electrons. The fourth-order valence-electron chi connectivity index (χ4n) is 4.61. The Labute approximate surface area is 220 Å². The number of nitrogens with one attached hydrogen (secondary N) is 2. The van der Waals surface area contributed by atoms with Crippen molar-refractivity contribution in [2.24, 2.45) is 0 Å². The van der Waals surface area contributed by atoms with Gasteiger partial charge in [0.1, 0.15) is 11.6 Å². The van der Waals surface area contributed by atoms with Crippen LogP contribution in [0, 0.1) is 6.92 Å². The van der Waals surface area contributed by atoms with E-state index in [0.717, 1.165) is 29.5 Å². The van der Waals surface area contributed by atoms with Gasteiger partial charge in [0.05, 0.1) is 18.0 Å². The maximum absolute atomic E-state index is 12.6. The van der Waals surface area contributed by atoms with E-state index in [2.05, 4.69) is 20.7 Å². The van der Waals surface area contributed by atoms with Gasteiger partial charge in [0.2, 0.25) is 5.88 Å². The lowest BCUT2D eigenvalue weighted by Gasteiger charge is -2.32. The third kappa shape index (κ3) is 5.18. The molecule has 1 aromatic carbocycles. The first-order chi connectivity index (χ1) is 18.5. The summed E-state index contributed by atoms with van der Waals surface area (Å²) in [6.45, 7) is 3.32. The summed E-state index contributed by atoms with van der Waals surface area (Å²) in [4.78, 5) is 21.5. The lowest BCUT2D eigenvalue weighted by Crippen LogP contribution is -2.42. The summed E-state index contributed by atoms with van der Waals surface area (Å²) in [6, 6.07) is 11.4. The molecule has 3 N–H and O–H groups in total. The molecule has 1 saturated carbocycles. The average Bonchev–Trinajstić information content (AvgIpc) is 3.63. The van der Waals surface area contributed by atoms with Gasteiger partial charge in [-0.15, -0.1) is 0 Å². The number of carbonyl (C=O) groups is 1.